The highest BCUT2D eigenvalue weighted by Crippen LogP contribution is 2.02. The predicted octanol–water partition coefficient (Wildman–Crippen LogP) is 0.141. The molecule has 0 saturated heterocycles. The number of carbonyl (C=O) groups is 1. The zero-order valence-corrected chi connectivity index (χ0v) is 8.26. The van der Waals surface area contributed by atoms with Crippen molar-refractivity contribution >= 4 is 20.5 Å². The Labute approximate surface area is 79.2 Å². The Hall–Kier alpha value is -0.920. The normalized spacial score (nSPS) is 12.5. The third-order valence-corrected chi connectivity index (χ3v) is 2.08. The van der Waals surface area contributed by atoms with Gasteiger partial charge in [0.2, 0.25) is 0 Å². The molecule has 13 heavy (non-hydrogen) atoms. The lowest BCUT2D eigenvalue weighted by Gasteiger charge is -2.06. The molecule has 0 amide bonds. The van der Waals surface area contributed by atoms with Crippen LogP contribution in [0, 0.1) is 0 Å². The van der Waals surface area contributed by atoms with Gasteiger partial charge in [0.05, 0.1) is 0 Å². The van der Waals surface area contributed by atoms with Crippen LogP contribution < -0.4 is 11.0 Å². The van der Waals surface area contributed by atoms with Crippen LogP contribution in [0.15, 0.2) is 24.3 Å². The summed E-state index contributed by atoms with van der Waals surface area (Å²) in [4.78, 5) is 10.5. The second-order valence-electron chi connectivity index (χ2n) is 2.89. The van der Waals surface area contributed by atoms with E-state index in [1.165, 1.54) is 0 Å². The summed E-state index contributed by atoms with van der Waals surface area (Å²) in [7, 11) is 2.56. The highest BCUT2D eigenvalue weighted by molar-refractivity contribution is 7.27. The Balaban J connectivity index is 2.69. The van der Waals surface area contributed by atoms with E-state index < -0.39 is 12.0 Å². The van der Waals surface area contributed by atoms with Gasteiger partial charge in [-0.3, -0.25) is 4.79 Å². The van der Waals surface area contributed by atoms with Crippen molar-refractivity contribution in [1.29, 1.82) is 0 Å². The van der Waals surface area contributed by atoms with E-state index in [0.29, 0.717) is 6.42 Å². The van der Waals surface area contributed by atoms with E-state index in [1.807, 2.05) is 24.3 Å². The minimum Gasteiger partial charge on any atom is -0.480 e. The second kappa shape index (κ2) is 4.35. The number of nitrogens with two attached hydrogens (primary N) is 1. The fraction of sp³-hybridized carbons (Fsp3) is 0.222. The van der Waals surface area contributed by atoms with Gasteiger partial charge < -0.3 is 10.8 Å². The van der Waals surface area contributed by atoms with Crippen molar-refractivity contribution in [2.45, 2.75) is 12.5 Å². The van der Waals surface area contributed by atoms with Gasteiger partial charge in [-0.2, -0.15) is 0 Å². The Morgan fingerprint density at radius 2 is 2.31 bits per heavy atom. The monoisotopic (exact) mass is 197 g/mol. The summed E-state index contributed by atoms with van der Waals surface area (Å²) in [6.45, 7) is 0. The zero-order valence-electron chi connectivity index (χ0n) is 7.10. The second-order valence-corrected chi connectivity index (χ2v) is 3.56. The standard InChI is InChI=1S/C9H12NO2P/c10-8(9(11)12)5-6-2-1-3-7(13)4-6/h1-4,8H,5,10,13H2,(H,11,12). The molecule has 0 spiro atoms. The summed E-state index contributed by atoms with van der Waals surface area (Å²) in [6.07, 6.45) is 0.373. The van der Waals surface area contributed by atoms with Crippen molar-refractivity contribution in [3.8, 4) is 0 Å². The third-order valence-electron chi connectivity index (χ3n) is 1.72. The molecule has 0 aliphatic rings. The molecule has 0 heterocycles. The lowest BCUT2D eigenvalue weighted by Crippen LogP contribution is -2.32. The summed E-state index contributed by atoms with van der Waals surface area (Å²) in [5.74, 6) is -0.964. The number of benzene rings is 1. The van der Waals surface area contributed by atoms with Crippen molar-refractivity contribution in [3.05, 3.63) is 29.8 Å². The molecule has 0 bridgehead atoms. The van der Waals surface area contributed by atoms with Gasteiger partial charge in [0.1, 0.15) is 6.04 Å². The smallest absolute Gasteiger partial charge is 0.320 e. The minimum atomic E-state index is -0.964. The highest BCUT2D eigenvalue weighted by atomic mass is 31.0. The maximum Gasteiger partial charge on any atom is 0.320 e. The average Bonchev–Trinajstić information content (AvgIpc) is 2.04. The molecule has 0 aromatic heterocycles. The molecule has 0 fully saturated rings. The quantitative estimate of drug-likeness (QED) is 0.677. The summed E-state index contributed by atoms with van der Waals surface area (Å²) < 4.78 is 0. The van der Waals surface area contributed by atoms with Crippen LogP contribution in [0.4, 0.5) is 0 Å². The number of hydrogen-bond acceptors (Lipinski definition) is 2. The lowest BCUT2D eigenvalue weighted by atomic mass is 10.1. The Bertz CT molecular complexity index is 314. The van der Waals surface area contributed by atoms with E-state index in [1.54, 1.807) is 0 Å². The van der Waals surface area contributed by atoms with E-state index in [2.05, 4.69) is 9.24 Å². The molecule has 3 N–H and O–H groups in total. The number of rotatable bonds is 3. The van der Waals surface area contributed by atoms with E-state index >= 15 is 0 Å². The molecule has 1 aromatic rings. The van der Waals surface area contributed by atoms with Gasteiger partial charge in [-0.05, 0) is 17.3 Å². The molecule has 2 atom stereocenters. The molecular formula is C9H12NO2P. The number of aliphatic carboxylic acids is 1. The molecular weight excluding hydrogens is 185 g/mol. The average molecular weight is 197 g/mol. The first kappa shape index (κ1) is 10.2. The van der Waals surface area contributed by atoms with Crippen LogP contribution in [0.5, 0.6) is 0 Å². The fourth-order valence-corrected chi connectivity index (χ4v) is 1.39. The number of carboxylic acids is 1. The summed E-state index contributed by atoms with van der Waals surface area (Å²) in [6, 6.07) is 6.78. The molecule has 0 saturated carbocycles. The van der Waals surface area contributed by atoms with Crippen molar-refractivity contribution in [1.82, 2.24) is 0 Å². The first-order valence-corrected chi connectivity index (χ1v) is 4.50. The lowest BCUT2D eigenvalue weighted by molar-refractivity contribution is -0.138. The van der Waals surface area contributed by atoms with Gasteiger partial charge in [0, 0.05) is 0 Å². The maximum atomic E-state index is 10.5. The van der Waals surface area contributed by atoms with E-state index in [0.717, 1.165) is 10.9 Å². The summed E-state index contributed by atoms with van der Waals surface area (Å²) >= 11 is 0. The fourth-order valence-electron chi connectivity index (χ4n) is 1.06. The summed E-state index contributed by atoms with van der Waals surface area (Å²) in [5.41, 5.74) is 6.34. The van der Waals surface area contributed by atoms with E-state index in [-0.39, 0.29) is 0 Å². The van der Waals surface area contributed by atoms with Crippen LogP contribution in [0.25, 0.3) is 0 Å². The molecule has 2 unspecified atom stereocenters. The molecule has 3 nitrogen and oxygen atoms in total. The largest absolute Gasteiger partial charge is 0.480 e. The summed E-state index contributed by atoms with van der Waals surface area (Å²) in [5, 5.41) is 9.62. The zero-order chi connectivity index (χ0) is 9.84. The molecule has 1 aromatic carbocycles. The van der Waals surface area contributed by atoms with Crippen LogP contribution in [-0.4, -0.2) is 17.1 Å². The van der Waals surface area contributed by atoms with Crippen molar-refractivity contribution < 1.29 is 9.90 Å². The predicted molar refractivity (Wildman–Crippen MR) is 55.1 cm³/mol. The third kappa shape index (κ3) is 3.13. The van der Waals surface area contributed by atoms with Crippen LogP contribution in [-0.2, 0) is 11.2 Å². The van der Waals surface area contributed by atoms with E-state index in [4.69, 9.17) is 10.8 Å². The molecule has 0 radical (unpaired) electrons. The van der Waals surface area contributed by atoms with Gasteiger partial charge in [-0.15, -0.1) is 9.24 Å². The van der Waals surface area contributed by atoms with Crippen LogP contribution >= 0.6 is 9.24 Å². The highest BCUT2D eigenvalue weighted by Gasteiger charge is 2.11. The Morgan fingerprint density at radius 1 is 1.62 bits per heavy atom. The molecule has 1 rings (SSSR count). The number of carboxylic acid groups (broad SMARTS) is 1. The molecule has 4 heteroatoms. The minimum absolute atomic E-state index is 0.373. The first-order chi connectivity index (χ1) is 6.09. The van der Waals surface area contributed by atoms with E-state index in [9.17, 15) is 4.79 Å². The van der Waals surface area contributed by atoms with Gasteiger partial charge in [0.25, 0.3) is 0 Å². The van der Waals surface area contributed by atoms with Gasteiger partial charge >= 0.3 is 5.97 Å². The van der Waals surface area contributed by atoms with Crippen molar-refractivity contribution in [2.24, 2.45) is 5.73 Å². The molecule has 0 aliphatic heterocycles. The van der Waals surface area contributed by atoms with Crippen molar-refractivity contribution in [2.75, 3.05) is 0 Å². The SMILES string of the molecule is NC(Cc1cccc(P)c1)C(=O)O. The molecule has 70 valence electrons. The Morgan fingerprint density at radius 3 is 2.85 bits per heavy atom. The first-order valence-electron chi connectivity index (χ1n) is 3.92. The molecule has 0 aliphatic carbocycles. The maximum absolute atomic E-state index is 10.5. The van der Waals surface area contributed by atoms with Crippen LogP contribution in [0.3, 0.4) is 0 Å². The van der Waals surface area contributed by atoms with Crippen LogP contribution in [0.1, 0.15) is 5.56 Å². The van der Waals surface area contributed by atoms with Gasteiger partial charge in [-0.25, -0.2) is 0 Å². The number of hydrogen-bond donors (Lipinski definition) is 2. The topological polar surface area (TPSA) is 63.3 Å². The Kier molecular flexibility index (Phi) is 3.40. The van der Waals surface area contributed by atoms with Gasteiger partial charge in [0.15, 0.2) is 0 Å². The van der Waals surface area contributed by atoms with Gasteiger partial charge in [-0.1, -0.05) is 24.3 Å². The van der Waals surface area contributed by atoms with Crippen LogP contribution in [0.2, 0.25) is 0 Å². The van der Waals surface area contributed by atoms with Crippen molar-refractivity contribution in [3.63, 3.8) is 0 Å².